The molecule has 1 N–H and O–H groups in total. The van der Waals surface area contributed by atoms with E-state index in [1.54, 1.807) is 37.1 Å². The molecule has 4 aromatic heterocycles. The van der Waals surface area contributed by atoms with Gasteiger partial charge >= 0.3 is 0 Å². The first-order chi connectivity index (χ1) is 14.1. The molecule has 144 valence electrons. The molecule has 0 unspecified atom stereocenters. The van der Waals surface area contributed by atoms with Gasteiger partial charge in [0.1, 0.15) is 0 Å². The van der Waals surface area contributed by atoms with Crippen molar-refractivity contribution in [2.75, 3.05) is 0 Å². The highest BCUT2D eigenvalue weighted by atomic mass is 32.1. The van der Waals surface area contributed by atoms with Crippen LogP contribution < -0.4 is 5.32 Å². The number of thiazole rings is 1. The fraction of sp³-hybridized carbons (Fsp3) is 0.143. The third kappa shape index (κ3) is 4.33. The lowest BCUT2D eigenvalue weighted by Crippen LogP contribution is -2.22. The first-order valence-corrected chi connectivity index (χ1v) is 9.82. The van der Waals surface area contributed by atoms with Crippen molar-refractivity contribution in [1.29, 1.82) is 0 Å². The van der Waals surface area contributed by atoms with Crippen LogP contribution in [-0.2, 0) is 6.54 Å². The average Bonchev–Trinajstić information content (AvgIpc) is 3.23. The van der Waals surface area contributed by atoms with Crippen LogP contribution in [0.15, 0.2) is 55.2 Å². The van der Waals surface area contributed by atoms with Gasteiger partial charge in [0.2, 0.25) is 0 Å². The van der Waals surface area contributed by atoms with Crippen LogP contribution in [0.2, 0.25) is 0 Å². The van der Waals surface area contributed by atoms with Crippen molar-refractivity contribution in [3.63, 3.8) is 0 Å². The summed E-state index contributed by atoms with van der Waals surface area (Å²) in [5, 5.41) is 3.27. The number of hydrogen-bond donors (Lipinski definition) is 1. The number of nitrogens with zero attached hydrogens (tertiary/aromatic N) is 5. The van der Waals surface area contributed by atoms with Crippen LogP contribution >= 0.6 is 11.3 Å². The second-order valence-electron chi connectivity index (χ2n) is 6.48. The molecular formula is C21H18N6OS. The summed E-state index contributed by atoms with van der Waals surface area (Å²) < 4.78 is 0. The number of rotatable bonds is 5. The zero-order chi connectivity index (χ0) is 20.2. The van der Waals surface area contributed by atoms with E-state index in [1.807, 2.05) is 32.0 Å². The predicted molar refractivity (Wildman–Crippen MR) is 111 cm³/mol. The fourth-order valence-corrected chi connectivity index (χ4v) is 3.67. The van der Waals surface area contributed by atoms with Crippen molar-refractivity contribution in [3.8, 4) is 22.0 Å². The van der Waals surface area contributed by atoms with E-state index in [0.29, 0.717) is 17.4 Å². The smallest absolute Gasteiger partial charge is 0.280 e. The Balaban J connectivity index is 1.43. The Morgan fingerprint density at radius 3 is 2.59 bits per heavy atom. The van der Waals surface area contributed by atoms with Gasteiger partial charge in [-0.2, -0.15) is 0 Å². The minimum atomic E-state index is -0.233. The molecule has 4 rings (SSSR count). The lowest BCUT2D eigenvalue weighted by Gasteiger charge is -2.09. The van der Waals surface area contributed by atoms with Gasteiger partial charge in [-0.3, -0.25) is 14.8 Å². The number of carbonyl (C=O) groups is 1. The maximum absolute atomic E-state index is 12.4. The van der Waals surface area contributed by atoms with Crippen molar-refractivity contribution in [1.82, 2.24) is 30.2 Å². The van der Waals surface area contributed by atoms with E-state index >= 15 is 0 Å². The molecule has 0 fully saturated rings. The second-order valence-corrected chi connectivity index (χ2v) is 7.51. The van der Waals surface area contributed by atoms with Gasteiger partial charge in [0.05, 0.1) is 10.6 Å². The van der Waals surface area contributed by atoms with Gasteiger partial charge in [-0.25, -0.2) is 15.0 Å². The molecule has 8 heteroatoms. The summed E-state index contributed by atoms with van der Waals surface area (Å²) in [4.78, 5) is 34.5. The minimum absolute atomic E-state index is 0.233. The summed E-state index contributed by atoms with van der Waals surface area (Å²) in [5.74, 6) is 0.328. The summed E-state index contributed by atoms with van der Waals surface area (Å²) >= 11 is 1.26. The molecule has 0 spiro atoms. The van der Waals surface area contributed by atoms with Gasteiger partial charge in [-0.05, 0) is 43.2 Å². The van der Waals surface area contributed by atoms with E-state index in [-0.39, 0.29) is 5.91 Å². The first-order valence-electron chi connectivity index (χ1n) is 9.00. The molecular weight excluding hydrogens is 384 g/mol. The lowest BCUT2D eigenvalue weighted by atomic mass is 10.1. The maximum atomic E-state index is 12.4. The van der Waals surface area contributed by atoms with Crippen molar-refractivity contribution < 1.29 is 4.79 Å². The maximum Gasteiger partial charge on any atom is 0.280 e. The minimum Gasteiger partial charge on any atom is -0.346 e. The summed E-state index contributed by atoms with van der Waals surface area (Å²) in [7, 11) is 0. The van der Waals surface area contributed by atoms with Crippen molar-refractivity contribution in [2.45, 2.75) is 20.4 Å². The van der Waals surface area contributed by atoms with Crippen molar-refractivity contribution in [2.24, 2.45) is 0 Å². The van der Waals surface area contributed by atoms with Gasteiger partial charge < -0.3 is 5.32 Å². The number of aryl methyl sites for hydroxylation is 2. The van der Waals surface area contributed by atoms with E-state index in [9.17, 15) is 4.79 Å². The van der Waals surface area contributed by atoms with Crippen LogP contribution in [0, 0.1) is 13.8 Å². The van der Waals surface area contributed by atoms with E-state index < -0.39 is 0 Å². The van der Waals surface area contributed by atoms with Crippen molar-refractivity contribution >= 4 is 17.2 Å². The van der Waals surface area contributed by atoms with E-state index in [0.717, 1.165) is 33.0 Å². The topological polar surface area (TPSA) is 93.6 Å². The van der Waals surface area contributed by atoms with Gasteiger partial charge in [-0.15, -0.1) is 11.3 Å². The summed E-state index contributed by atoms with van der Waals surface area (Å²) in [6, 6.07) is 7.73. The van der Waals surface area contributed by atoms with Crippen LogP contribution in [0.4, 0.5) is 0 Å². The van der Waals surface area contributed by atoms with E-state index in [1.165, 1.54) is 11.3 Å². The predicted octanol–water partition coefficient (Wildman–Crippen LogP) is 3.60. The first kappa shape index (κ1) is 18.8. The van der Waals surface area contributed by atoms with Crippen LogP contribution in [0.5, 0.6) is 0 Å². The van der Waals surface area contributed by atoms with Crippen LogP contribution in [0.3, 0.4) is 0 Å². The monoisotopic (exact) mass is 402 g/mol. The van der Waals surface area contributed by atoms with Crippen molar-refractivity contribution in [3.05, 3.63) is 77.1 Å². The Morgan fingerprint density at radius 1 is 1.00 bits per heavy atom. The van der Waals surface area contributed by atoms with Gasteiger partial charge in [0.15, 0.2) is 10.8 Å². The van der Waals surface area contributed by atoms with E-state index in [2.05, 4.69) is 30.2 Å². The van der Waals surface area contributed by atoms with Crippen LogP contribution in [0.25, 0.3) is 22.0 Å². The third-order valence-electron chi connectivity index (χ3n) is 4.24. The zero-order valence-corrected chi connectivity index (χ0v) is 16.8. The van der Waals surface area contributed by atoms with Crippen LogP contribution in [0.1, 0.15) is 26.6 Å². The van der Waals surface area contributed by atoms with Gasteiger partial charge in [0, 0.05) is 48.8 Å². The molecule has 0 aliphatic rings. The molecule has 0 atom stereocenters. The Labute approximate surface area is 172 Å². The average molecular weight is 402 g/mol. The SMILES string of the molecule is Cc1cc(-c2ncc(CNC(=O)c3ncc(-c4ncccn4)s3)cc2C)ccn1. The summed E-state index contributed by atoms with van der Waals surface area (Å²) in [6.45, 7) is 4.34. The molecule has 0 aliphatic heterocycles. The number of hydrogen-bond acceptors (Lipinski definition) is 7. The van der Waals surface area contributed by atoms with E-state index in [4.69, 9.17) is 0 Å². The molecule has 0 aromatic carbocycles. The highest BCUT2D eigenvalue weighted by Crippen LogP contribution is 2.23. The molecule has 0 saturated carbocycles. The number of nitrogens with one attached hydrogen (secondary N) is 1. The van der Waals surface area contributed by atoms with Gasteiger partial charge in [0.25, 0.3) is 5.91 Å². The quantitative estimate of drug-likeness (QED) is 0.548. The molecule has 4 aromatic rings. The highest BCUT2D eigenvalue weighted by Gasteiger charge is 2.13. The van der Waals surface area contributed by atoms with Crippen LogP contribution in [-0.4, -0.2) is 30.8 Å². The molecule has 4 heterocycles. The molecule has 29 heavy (non-hydrogen) atoms. The molecule has 0 aliphatic carbocycles. The third-order valence-corrected chi connectivity index (χ3v) is 5.24. The number of carbonyl (C=O) groups excluding carboxylic acids is 1. The number of amides is 1. The molecule has 0 saturated heterocycles. The number of aromatic nitrogens is 5. The second kappa shape index (κ2) is 8.24. The lowest BCUT2D eigenvalue weighted by molar-refractivity contribution is 0.0950. The highest BCUT2D eigenvalue weighted by molar-refractivity contribution is 7.16. The Kier molecular flexibility index (Phi) is 5.35. The Morgan fingerprint density at radius 2 is 1.83 bits per heavy atom. The van der Waals surface area contributed by atoms with Gasteiger partial charge in [-0.1, -0.05) is 6.07 Å². The zero-order valence-electron chi connectivity index (χ0n) is 16.0. The molecule has 0 radical (unpaired) electrons. The number of pyridine rings is 2. The fourth-order valence-electron chi connectivity index (χ4n) is 2.89. The molecule has 7 nitrogen and oxygen atoms in total. The Hall–Kier alpha value is -3.52. The molecule has 1 amide bonds. The Bertz CT molecular complexity index is 1160. The normalized spacial score (nSPS) is 10.7. The summed E-state index contributed by atoms with van der Waals surface area (Å²) in [6.07, 6.45) is 8.50. The molecule has 0 bridgehead atoms. The summed E-state index contributed by atoms with van der Waals surface area (Å²) in [5.41, 5.74) is 4.86. The largest absolute Gasteiger partial charge is 0.346 e. The standard InChI is InChI=1S/C21H18N6OS/c1-13-8-15(10-25-18(13)16-4-7-22-14(2)9-16)11-26-20(28)21-27-12-17(29-21)19-23-5-3-6-24-19/h3-10,12H,11H2,1-2H3,(H,26,28).